The SMILES string of the molecule is Cn1nc(C(F)(F)F)cc1-c1ccccn1. The van der Waals surface area contributed by atoms with E-state index in [1.807, 2.05) is 0 Å². The molecular formula is C10H8F3N3. The summed E-state index contributed by atoms with van der Waals surface area (Å²) in [5, 5.41) is 3.41. The third-order valence-corrected chi connectivity index (χ3v) is 2.10. The van der Waals surface area contributed by atoms with Gasteiger partial charge in [0.1, 0.15) is 0 Å². The van der Waals surface area contributed by atoms with Crippen molar-refractivity contribution in [1.29, 1.82) is 0 Å². The Morgan fingerprint density at radius 2 is 2.00 bits per heavy atom. The highest BCUT2D eigenvalue weighted by molar-refractivity contribution is 5.54. The van der Waals surface area contributed by atoms with Crippen molar-refractivity contribution < 1.29 is 13.2 Å². The van der Waals surface area contributed by atoms with Crippen molar-refractivity contribution in [2.24, 2.45) is 7.05 Å². The molecule has 0 radical (unpaired) electrons. The van der Waals surface area contributed by atoms with Gasteiger partial charge in [-0.2, -0.15) is 18.3 Å². The van der Waals surface area contributed by atoms with Crippen LogP contribution < -0.4 is 0 Å². The largest absolute Gasteiger partial charge is 0.435 e. The van der Waals surface area contributed by atoms with E-state index < -0.39 is 11.9 Å². The van der Waals surface area contributed by atoms with Gasteiger partial charge in [-0.25, -0.2) is 0 Å². The average molecular weight is 227 g/mol. The van der Waals surface area contributed by atoms with Crippen LogP contribution in [-0.4, -0.2) is 14.8 Å². The van der Waals surface area contributed by atoms with Crippen LogP contribution in [0, 0.1) is 0 Å². The molecule has 0 amide bonds. The van der Waals surface area contributed by atoms with E-state index in [1.165, 1.54) is 17.9 Å². The summed E-state index contributed by atoms with van der Waals surface area (Å²) >= 11 is 0. The van der Waals surface area contributed by atoms with Crippen molar-refractivity contribution in [2.45, 2.75) is 6.18 Å². The van der Waals surface area contributed by atoms with E-state index in [1.54, 1.807) is 18.2 Å². The van der Waals surface area contributed by atoms with Crippen LogP contribution in [0.4, 0.5) is 13.2 Å². The minimum atomic E-state index is -4.43. The maximum absolute atomic E-state index is 12.4. The van der Waals surface area contributed by atoms with Crippen LogP contribution in [0.5, 0.6) is 0 Å². The van der Waals surface area contributed by atoms with Gasteiger partial charge in [0.25, 0.3) is 0 Å². The first-order chi connectivity index (χ1) is 7.48. The Hall–Kier alpha value is -1.85. The van der Waals surface area contributed by atoms with E-state index >= 15 is 0 Å². The second-order valence-electron chi connectivity index (χ2n) is 3.25. The molecule has 0 aliphatic carbocycles. The van der Waals surface area contributed by atoms with Gasteiger partial charge in [-0.15, -0.1) is 0 Å². The quantitative estimate of drug-likeness (QED) is 0.749. The Bertz CT molecular complexity index is 488. The van der Waals surface area contributed by atoms with Crippen molar-refractivity contribution in [3.63, 3.8) is 0 Å². The van der Waals surface area contributed by atoms with Crippen molar-refractivity contribution in [3.05, 3.63) is 36.2 Å². The molecule has 0 aliphatic heterocycles. The van der Waals surface area contributed by atoms with Gasteiger partial charge in [-0.05, 0) is 18.2 Å². The van der Waals surface area contributed by atoms with Gasteiger partial charge >= 0.3 is 6.18 Å². The van der Waals surface area contributed by atoms with Crippen LogP contribution in [0.1, 0.15) is 5.69 Å². The second-order valence-corrected chi connectivity index (χ2v) is 3.25. The van der Waals surface area contributed by atoms with Crippen molar-refractivity contribution >= 4 is 0 Å². The van der Waals surface area contributed by atoms with Gasteiger partial charge in [-0.3, -0.25) is 9.67 Å². The molecule has 0 bridgehead atoms. The van der Waals surface area contributed by atoms with Crippen LogP contribution >= 0.6 is 0 Å². The lowest BCUT2D eigenvalue weighted by Gasteiger charge is -1.99. The zero-order chi connectivity index (χ0) is 11.8. The summed E-state index contributed by atoms with van der Waals surface area (Å²) in [6.45, 7) is 0. The highest BCUT2D eigenvalue weighted by Crippen LogP contribution is 2.30. The summed E-state index contributed by atoms with van der Waals surface area (Å²) in [6.07, 6.45) is -2.90. The lowest BCUT2D eigenvalue weighted by molar-refractivity contribution is -0.141. The van der Waals surface area contributed by atoms with E-state index in [0.717, 1.165) is 6.07 Å². The number of hydrogen-bond acceptors (Lipinski definition) is 2. The number of aryl methyl sites for hydroxylation is 1. The van der Waals surface area contributed by atoms with Gasteiger partial charge in [0.05, 0.1) is 11.4 Å². The summed E-state index contributed by atoms with van der Waals surface area (Å²) in [5.41, 5.74) is -0.100. The molecule has 0 atom stereocenters. The number of aromatic nitrogens is 3. The van der Waals surface area contributed by atoms with Crippen molar-refractivity contribution in [2.75, 3.05) is 0 Å². The molecule has 0 spiro atoms. The molecule has 2 rings (SSSR count). The van der Waals surface area contributed by atoms with E-state index in [9.17, 15) is 13.2 Å². The first-order valence-electron chi connectivity index (χ1n) is 4.51. The van der Waals surface area contributed by atoms with Crippen LogP contribution in [-0.2, 0) is 13.2 Å². The third kappa shape index (κ3) is 1.91. The highest BCUT2D eigenvalue weighted by atomic mass is 19.4. The van der Waals surface area contributed by atoms with Gasteiger partial charge in [0.15, 0.2) is 5.69 Å². The zero-order valence-electron chi connectivity index (χ0n) is 8.36. The van der Waals surface area contributed by atoms with E-state index in [-0.39, 0.29) is 0 Å². The van der Waals surface area contributed by atoms with E-state index in [0.29, 0.717) is 11.4 Å². The molecule has 16 heavy (non-hydrogen) atoms. The van der Waals surface area contributed by atoms with Crippen LogP contribution in [0.2, 0.25) is 0 Å². The number of rotatable bonds is 1. The van der Waals surface area contributed by atoms with E-state index in [4.69, 9.17) is 0 Å². The van der Waals surface area contributed by atoms with Crippen molar-refractivity contribution in [3.8, 4) is 11.4 Å². The first kappa shape index (κ1) is 10.7. The molecule has 3 nitrogen and oxygen atoms in total. The second kappa shape index (κ2) is 3.62. The third-order valence-electron chi connectivity index (χ3n) is 2.10. The minimum absolute atomic E-state index is 0.341. The maximum Gasteiger partial charge on any atom is 0.435 e. The summed E-state index contributed by atoms with van der Waals surface area (Å²) in [6, 6.07) is 6.03. The fourth-order valence-corrected chi connectivity index (χ4v) is 1.36. The molecule has 0 saturated heterocycles. The molecule has 0 aromatic carbocycles. The lowest BCUT2D eigenvalue weighted by Crippen LogP contribution is -2.06. The first-order valence-corrected chi connectivity index (χ1v) is 4.51. The average Bonchev–Trinajstić information content (AvgIpc) is 2.61. The molecule has 0 saturated carbocycles. The summed E-state index contributed by atoms with van der Waals surface area (Å²) in [7, 11) is 1.46. The van der Waals surface area contributed by atoms with Crippen LogP contribution in [0.25, 0.3) is 11.4 Å². The number of halogens is 3. The van der Waals surface area contributed by atoms with Crippen molar-refractivity contribution in [1.82, 2.24) is 14.8 Å². The highest BCUT2D eigenvalue weighted by Gasteiger charge is 2.34. The number of alkyl halides is 3. The smallest absolute Gasteiger partial charge is 0.266 e. The van der Waals surface area contributed by atoms with Crippen LogP contribution in [0.15, 0.2) is 30.5 Å². The zero-order valence-corrected chi connectivity index (χ0v) is 8.36. The molecule has 0 N–H and O–H groups in total. The molecule has 0 fully saturated rings. The van der Waals surface area contributed by atoms with Gasteiger partial charge in [0.2, 0.25) is 0 Å². The minimum Gasteiger partial charge on any atom is -0.266 e. The lowest BCUT2D eigenvalue weighted by atomic mass is 10.2. The number of nitrogens with zero attached hydrogens (tertiary/aromatic N) is 3. The predicted octanol–water partition coefficient (Wildman–Crippen LogP) is 2.50. The van der Waals surface area contributed by atoms with Gasteiger partial charge in [0, 0.05) is 13.2 Å². The number of pyridine rings is 1. The molecule has 2 heterocycles. The molecule has 6 heteroatoms. The van der Waals surface area contributed by atoms with E-state index in [2.05, 4.69) is 10.1 Å². The Morgan fingerprint density at radius 1 is 1.25 bits per heavy atom. The monoisotopic (exact) mass is 227 g/mol. The van der Waals surface area contributed by atoms with Gasteiger partial charge < -0.3 is 0 Å². The van der Waals surface area contributed by atoms with Gasteiger partial charge in [-0.1, -0.05) is 6.07 Å². The standard InChI is InChI=1S/C10H8F3N3/c1-16-8(7-4-2-3-5-14-7)6-9(15-16)10(11,12)13/h2-6H,1H3. The summed E-state index contributed by atoms with van der Waals surface area (Å²) in [4.78, 5) is 3.98. The molecule has 84 valence electrons. The summed E-state index contributed by atoms with van der Waals surface area (Å²) in [5.74, 6) is 0. The molecule has 0 unspecified atom stereocenters. The fourth-order valence-electron chi connectivity index (χ4n) is 1.36. The Balaban J connectivity index is 2.48. The normalized spacial score (nSPS) is 11.8. The molecular weight excluding hydrogens is 219 g/mol. The molecule has 2 aromatic heterocycles. The maximum atomic E-state index is 12.4. The Morgan fingerprint density at radius 3 is 2.50 bits per heavy atom. The molecule has 0 aliphatic rings. The topological polar surface area (TPSA) is 30.7 Å². The molecule has 2 aromatic rings. The fraction of sp³-hybridized carbons (Fsp3) is 0.200. The Labute approximate surface area is 89.5 Å². The predicted molar refractivity (Wildman–Crippen MR) is 51.4 cm³/mol. The number of hydrogen-bond donors (Lipinski definition) is 0. The van der Waals surface area contributed by atoms with Crippen LogP contribution in [0.3, 0.4) is 0 Å². The Kier molecular flexibility index (Phi) is 2.41. The summed E-state index contributed by atoms with van der Waals surface area (Å²) < 4.78 is 38.4.